The number of aromatic nitrogens is 2. The number of nitrogens with zero attached hydrogens (tertiary/aromatic N) is 2. The lowest BCUT2D eigenvalue weighted by Gasteiger charge is -2.25. The molecule has 1 aromatic heterocycles. The number of nitrogens with one attached hydrogen (secondary N) is 1. The van der Waals surface area contributed by atoms with E-state index in [0.717, 1.165) is 15.7 Å². The standard InChI is InChI=1S/C16H18BrN3O3/c1-23-16(10-21)6-7-20(9-16)15(22)14-8-13(18-19-14)11-2-4-12(17)5-3-11/h2-5,8,21H,6-7,9-10H2,1H3,(H,18,19). The minimum atomic E-state index is -0.649. The molecule has 1 amide bonds. The molecule has 2 aromatic rings. The van der Waals surface area contributed by atoms with E-state index in [-0.39, 0.29) is 12.5 Å². The van der Waals surface area contributed by atoms with Gasteiger partial charge in [0.15, 0.2) is 0 Å². The summed E-state index contributed by atoms with van der Waals surface area (Å²) in [5, 5.41) is 16.5. The molecular weight excluding hydrogens is 362 g/mol. The number of aliphatic hydroxyl groups is 1. The van der Waals surface area contributed by atoms with Crippen molar-refractivity contribution in [3.8, 4) is 11.3 Å². The molecule has 1 atom stereocenters. The van der Waals surface area contributed by atoms with Crippen LogP contribution in [0.3, 0.4) is 0 Å². The molecule has 6 nitrogen and oxygen atoms in total. The molecule has 3 rings (SSSR count). The minimum Gasteiger partial charge on any atom is -0.393 e. The number of amides is 1. The van der Waals surface area contributed by atoms with Crippen LogP contribution in [0.25, 0.3) is 11.3 Å². The maximum absolute atomic E-state index is 12.6. The van der Waals surface area contributed by atoms with Crippen molar-refractivity contribution in [2.24, 2.45) is 0 Å². The third-order valence-corrected chi connectivity index (χ3v) is 4.80. The summed E-state index contributed by atoms with van der Waals surface area (Å²) in [4.78, 5) is 14.3. The van der Waals surface area contributed by atoms with Crippen LogP contribution >= 0.6 is 15.9 Å². The molecule has 2 N–H and O–H groups in total. The Balaban J connectivity index is 1.76. The van der Waals surface area contributed by atoms with Crippen LogP contribution in [0.5, 0.6) is 0 Å². The van der Waals surface area contributed by atoms with E-state index in [1.165, 1.54) is 0 Å². The van der Waals surface area contributed by atoms with Crippen molar-refractivity contribution in [3.05, 3.63) is 40.5 Å². The number of carbonyl (C=O) groups excluding carboxylic acids is 1. The highest BCUT2D eigenvalue weighted by molar-refractivity contribution is 9.10. The molecule has 23 heavy (non-hydrogen) atoms. The van der Waals surface area contributed by atoms with Gasteiger partial charge in [-0.25, -0.2) is 0 Å². The SMILES string of the molecule is COC1(CO)CCN(C(=O)c2cc(-c3ccc(Br)cc3)n[nH]2)C1. The summed E-state index contributed by atoms with van der Waals surface area (Å²) in [5.74, 6) is -0.131. The Morgan fingerprint density at radius 2 is 2.22 bits per heavy atom. The van der Waals surface area contributed by atoms with Gasteiger partial charge in [-0.1, -0.05) is 28.1 Å². The molecule has 0 aliphatic carbocycles. The van der Waals surface area contributed by atoms with Crippen molar-refractivity contribution < 1.29 is 14.6 Å². The predicted octanol–water partition coefficient (Wildman–Crippen LogP) is 2.06. The largest absolute Gasteiger partial charge is 0.393 e. The number of H-pyrrole nitrogens is 1. The first kappa shape index (κ1) is 16.2. The van der Waals surface area contributed by atoms with Gasteiger partial charge in [0, 0.05) is 23.7 Å². The van der Waals surface area contributed by atoms with Gasteiger partial charge in [0.05, 0.1) is 18.8 Å². The van der Waals surface area contributed by atoms with Crippen LogP contribution in [0.15, 0.2) is 34.8 Å². The first-order valence-corrected chi connectivity index (χ1v) is 8.13. The van der Waals surface area contributed by atoms with E-state index in [4.69, 9.17) is 4.74 Å². The average Bonchev–Trinajstić information content (AvgIpc) is 3.23. The van der Waals surface area contributed by atoms with Gasteiger partial charge >= 0.3 is 0 Å². The second-order valence-electron chi connectivity index (χ2n) is 5.70. The third kappa shape index (κ3) is 3.17. The summed E-state index contributed by atoms with van der Waals surface area (Å²) in [7, 11) is 1.56. The van der Waals surface area contributed by atoms with E-state index in [0.29, 0.717) is 25.2 Å². The van der Waals surface area contributed by atoms with Crippen molar-refractivity contribution in [1.82, 2.24) is 15.1 Å². The maximum atomic E-state index is 12.6. The Morgan fingerprint density at radius 3 is 2.83 bits per heavy atom. The second-order valence-corrected chi connectivity index (χ2v) is 6.61. The molecule has 0 saturated carbocycles. The van der Waals surface area contributed by atoms with Crippen LogP contribution in [0.2, 0.25) is 0 Å². The van der Waals surface area contributed by atoms with Crippen molar-refractivity contribution in [3.63, 3.8) is 0 Å². The van der Waals surface area contributed by atoms with Crippen molar-refractivity contribution in [2.75, 3.05) is 26.8 Å². The molecule has 1 unspecified atom stereocenters. The smallest absolute Gasteiger partial charge is 0.271 e. The predicted molar refractivity (Wildman–Crippen MR) is 89.1 cm³/mol. The number of benzene rings is 1. The first-order valence-electron chi connectivity index (χ1n) is 7.33. The fourth-order valence-electron chi connectivity index (χ4n) is 2.75. The zero-order chi connectivity index (χ0) is 16.4. The molecule has 2 heterocycles. The van der Waals surface area contributed by atoms with Gasteiger partial charge in [-0.15, -0.1) is 0 Å². The van der Waals surface area contributed by atoms with E-state index < -0.39 is 5.60 Å². The van der Waals surface area contributed by atoms with E-state index in [1.807, 2.05) is 24.3 Å². The zero-order valence-corrected chi connectivity index (χ0v) is 14.3. The fraction of sp³-hybridized carbons (Fsp3) is 0.375. The normalized spacial score (nSPS) is 20.9. The average molecular weight is 380 g/mol. The second kappa shape index (κ2) is 6.43. The summed E-state index contributed by atoms with van der Waals surface area (Å²) in [6.07, 6.45) is 0.624. The highest BCUT2D eigenvalue weighted by Gasteiger charge is 2.40. The molecule has 1 aromatic carbocycles. The molecule has 0 bridgehead atoms. The number of halogens is 1. The molecule has 0 radical (unpaired) electrons. The lowest BCUT2D eigenvalue weighted by molar-refractivity contribution is -0.0416. The van der Waals surface area contributed by atoms with Crippen LogP contribution in [-0.4, -0.2) is 58.5 Å². The Hall–Kier alpha value is -1.70. The highest BCUT2D eigenvalue weighted by Crippen LogP contribution is 2.26. The van der Waals surface area contributed by atoms with Gasteiger partial charge in [0.25, 0.3) is 5.91 Å². The van der Waals surface area contributed by atoms with Gasteiger partial charge in [-0.3, -0.25) is 9.89 Å². The van der Waals surface area contributed by atoms with Crippen LogP contribution in [0, 0.1) is 0 Å². The quantitative estimate of drug-likeness (QED) is 0.851. The number of hydrogen-bond donors (Lipinski definition) is 2. The van der Waals surface area contributed by atoms with Crippen LogP contribution < -0.4 is 0 Å². The number of ether oxygens (including phenoxy) is 1. The lowest BCUT2D eigenvalue weighted by Crippen LogP contribution is -2.40. The number of hydrogen-bond acceptors (Lipinski definition) is 4. The van der Waals surface area contributed by atoms with Gasteiger partial charge in [0.2, 0.25) is 0 Å². The molecular formula is C16H18BrN3O3. The van der Waals surface area contributed by atoms with E-state index >= 15 is 0 Å². The fourth-order valence-corrected chi connectivity index (χ4v) is 3.01. The Labute approximate surface area is 142 Å². The van der Waals surface area contributed by atoms with Gasteiger partial charge in [-0.2, -0.15) is 5.10 Å². The summed E-state index contributed by atoms with van der Waals surface area (Å²) in [5.41, 5.74) is 1.45. The monoisotopic (exact) mass is 379 g/mol. The van der Waals surface area contributed by atoms with Crippen molar-refractivity contribution in [1.29, 1.82) is 0 Å². The number of aromatic amines is 1. The zero-order valence-electron chi connectivity index (χ0n) is 12.8. The molecule has 0 spiro atoms. The van der Waals surface area contributed by atoms with Crippen molar-refractivity contribution in [2.45, 2.75) is 12.0 Å². The van der Waals surface area contributed by atoms with Crippen LogP contribution in [0.1, 0.15) is 16.9 Å². The summed E-state index contributed by atoms with van der Waals surface area (Å²) < 4.78 is 6.37. The lowest BCUT2D eigenvalue weighted by atomic mass is 10.1. The summed E-state index contributed by atoms with van der Waals surface area (Å²) in [6, 6.07) is 9.48. The third-order valence-electron chi connectivity index (χ3n) is 4.27. The molecule has 7 heteroatoms. The van der Waals surface area contributed by atoms with E-state index in [1.54, 1.807) is 18.1 Å². The molecule has 122 valence electrons. The topological polar surface area (TPSA) is 78.5 Å². The molecule has 1 saturated heterocycles. The number of carbonyl (C=O) groups is 1. The number of methoxy groups -OCH3 is 1. The number of rotatable bonds is 4. The van der Waals surface area contributed by atoms with Crippen LogP contribution in [0.4, 0.5) is 0 Å². The number of likely N-dealkylation sites (tertiary alicyclic amines) is 1. The van der Waals surface area contributed by atoms with Gasteiger partial charge in [0.1, 0.15) is 11.3 Å². The summed E-state index contributed by atoms with van der Waals surface area (Å²) in [6.45, 7) is 0.839. The van der Waals surface area contributed by atoms with E-state index in [9.17, 15) is 9.90 Å². The minimum absolute atomic E-state index is 0.0968. The van der Waals surface area contributed by atoms with Crippen LogP contribution in [-0.2, 0) is 4.74 Å². The first-order chi connectivity index (χ1) is 11.1. The Kier molecular flexibility index (Phi) is 4.52. The van der Waals surface area contributed by atoms with E-state index in [2.05, 4.69) is 26.1 Å². The van der Waals surface area contributed by atoms with Gasteiger partial charge in [-0.05, 0) is 24.6 Å². The molecule has 1 fully saturated rings. The van der Waals surface area contributed by atoms with Gasteiger partial charge < -0.3 is 14.7 Å². The number of aliphatic hydroxyl groups excluding tert-OH is 1. The maximum Gasteiger partial charge on any atom is 0.271 e. The Bertz CT molecular complexity index is 695. The molecule has 1 aliphatic rings. The Morgan fingerprint density at radius 1 is 1.48 bits per heavy atom. The molecule has 1 aliphatic heterocycles. The summed E-state index contributed by atoms with van der Waals surface area (Å²) >= 11 is 3.39. The highest BCUT2D eigenvalue weighted by atomic mass is 79.9. The van der Waals surface area contributed by atoms with Crippen molar-refractivity contribution >= 4 is 21.8 Å².